The lowest BCUT2D eigenvalue weighted by Crippen LogP contribution is -2.19. The molecule has 9 heteroatoms. The third-order valence-corrected chi connectivity index (χ3v) is 6.16. The molecule has 0 spiro atoms. The van der Waals surface area contributed by atoms with Gasteiger partial charge in [0.25, 0.3) is 5.91 Å². The number of hydrazone groups is 1. The first-order valence-electron chi connectivity index (χ1n) is 10.6. The molecule has 4 rings (SSSR count). The largest absolute Gasteiger partial charge is 0.497 e. The van der Waals surface area contributed by atoms with Crippen LogP contribution < -0.4 is 14.9 Å². The van der Waals surface area contributed by atoms with Crippen LogP contribution >= 0.6 is 23.4 Å². The van der Waals surface area contributed by atoms with Gasteiger partial charge in [0.2, 0.25) is 0 Å². The van der Waals surface area contributed by atoms with E-state index < -0.39 is 0 Å². The summed E-state index contributed by atoms with van der Waals surface area (Å²) in [5, 5.41) is 5.26. The maximum atomic E-state index is 12.3. The van der Waals surface area contributed by atoms with Crippen molar-refractivity contribution in [1.29, 1.82) is 0 Å². The monoisotopic (exact) mass is 506 g/mol. The Morgan fingerprint density at radius 1 is 0.971 bits per heavy atom. The van der Waals surface area contributed by atoms with Crippen molar-refractivity contribution in [3.8, 4) is 34.0 Å². The minimum Gasteiger partial charge on any atom is -0.497 e. The summed E-state index contributed by atoms with van der Waals surface area (Å²) in [6.07, 6.45) is 1.56. The first-order chi connectivity index (χ1) is 17.1. The van der Waals surface area contributed by atoms with E-state index in [0.717, 1.165) is 39.6 Å². The number of H-pyrrole nitrogens is 1. The van der Waals surface area contributed by atoms with E-state index in [4.69, 9.17) is 26.1 Å². The number of nitrogens with one attached hydrogen (secondary N) is 2. The number of methoxy groups -OCH3 is 2. The number of ether oxygens (including phenoxy) is 2. The number of nitrogens with zero attached hydrogens (tertiary/aromatic N) is 2. The van der Waals surface area contributed by atoms with Crippen LogP contribution in [0.15, 0.2) is 83.1 Å². The van der Waals surface area contributed by atoms with Crippen molar-refractivity contribution in [2.24, 2.45) is 5.10 Å². The molecule has 35 heavy (non-hydrogen) atoms. The van der Waals surface area contributed by atoms with Crippen LogP contribution in [-0.2, 0) is 4.79 Å². The zero-order valence-electron chi connectivity index (χ0n) is 19.1. The summed E-state index contributed by atoms with van der Waals surface area (Å²) in [5.41, 5.74) is 6.88. The van der Waals surface area contributed by atoms with Gasteiger partial charge in [-0.3, -0.25) is 4.79 Å². The van der Waals surface area contributed by atoms with E-state index in [0.29, 0.717) is 10.2 Å². The lowest BCUT2D eigenvalue weighted by atomic mass is 10.0. The third kappa shape index (κ3) is 6.44. The van der Waals surface area contributed by atoms with Crippen molar-refractivity contribution in [3.05, 3.63) is 83.4 Å². The van der Waals surface area contributed by atoms with Crippen LogP contribution in [0.4, 0.5) is 0 Å². The van der Waals surface area contributed by atoms with Crippen LogP contribution in [0.1, 0.15) is 5.56 Å². The van der Waals surface area contributed by atoms with Crippen molar-refractivity contribution >= 4 is 35.5 Å². The van der Waals surface area contributed by atoms with Crippen molar-refractivity contribution in [3.63, 3.8) is 0 Å². The molecule has 0 bridgehead atoms. The Morgan fingerprint density at radius 3 is 2.17 bits per heavy atom. The highest BCUT2D eigenvalue weighted by Crippen LogP contribution is 2.34. The summed E-state index contributed by atoms with van der Waals surface area (Å²) < 4.78 is 10.5. The van der Waals surface area contributed by atoms with Gasteiger partial charge >= 0.3 is 0 Å². The normalized spacial score (nSPS) is 10.9. The average Bonchev–Trinajstić information content (AvgIpc) is 3.33. The van der Waals surface area contributed by atoms with Gasteiger partial charge in [-0.2, -0.15) is 5.10 Å². The van der Waals surface area contributed by atoms with Crippen LogP contribution in [0.2, 0.25) is 5.02 Å². The lowest BCUT2D eigenvalue weighted by Gasteiger charge is -2.06. The van der Waals surface area contributed by atoms with Gasteiger partial charge < -0.3 is 14.5 Å². The van der Waals surface area contributed by atoms with Crippen LogP contribution in [0.25, 0.3) is 22.5 Å². The zero-order chi connectivity index (χ0) is 24.6. The summed E-state index contributed by atoms with van der Waals surface area (Å²) in [6.45, 7) is 0. The maximum Gasteiger partial charge on any atom is 0.250 e. The summed E-state index contributed by atoms with van der Waals surface area (Å²) in [7, 11) is 3.26. The van der Waals surface area contributed by atoms with Crippen LogP contribution in [-0.4, -0.2) is 42.1 Å². The molecule has 4 aromatic rings. The molecule has 178 valence electrons. The van der Waals surface area contributed by atoms with E-state index in [9.17, 15) is 4.79 Å². The van der Waals surface area contributed by atoms with Gasteiger partial charge in [0.05, 0.1) is 37.6 Å². The van der Waals surface area contributed by atoms with Gasteiger partial charge in [-0.15, -0.1) is 0 Å². The molecule has 3 aromatic carbocycles. The second-order valence-electron chi connectivity index (χ2n) is 7.36. The van der Waals surface area contributed by atoms with E-state index in [2.05, 4.69) is 15.5 Å². The Balaban J connectivity index is 1.49. The van der Waals surface area contributed by atoms with Crippen molar-refractivity contribution in [2.75, 3.05) is 20.0 Å². The Hall–Kier alpha value is -3.75. The predicted molar refractivity (Wildman–Crippen MR) is 140 cm³/mol. The molecule has 1 amide bonds. The second-order valence-corrected chi connectivity index (χ2v) is 8.76. The number of halogens is 1. The third-order valence-electron chi connectivity index (χ3n) is 5.04. The van der Waals surface area contributed by atoms with E-state index >= 15 is 0 Å². The average molecular weight is 507 g/mol. The van der Waals surface area contributed by atoms with Gasteiger partial charge in [-0.05, 0) is 66.2 Å². The summed E-state index contributed by atoms with van der Waals surface area (Å²) in [4.78, 5) is 20.4. The van der Waals surface area contributed by atoms with E-state index in [1.807, 2.05) is 60.7 Å². The standard InChI is InChI=1S/C26H23ClN4O3S/c1-33-21-11-5-18(6-12-21)24-25(19-7-13-22(34-2)14-8-19)30-26(29-24)35-16-23(32)31-28-15-17-3-9-20(27)10-4-17/h3-15H,16H2,1-2H3,(H,29,30)(H,31,32)/b28-15+. The minimum absolute atomic E-state index is 0.148. The molecule has 0 aliphatic heterocycles. The van der Waals surface area contributed by atoms with Crippen LogP contribution in [0.5, 0.6) is 11.5 Å². The predicted octanol–water partition coefficient (Wildman–Crippen LogP) is 5.66. The van der Waals surface area contributed by atoms with Crippen LogP contribution in [0.3, 0.4) is 0 Å². The van der Waals surface area contributed by atoms with Crippen molar-refractivity contribution in [1.82, 2.24) is 15.4 Å². The summed E-state index contributed by atoms with van der Waals surface area (Å²) in [6, 6.07) is 22.6. The van der Waals surface area contributed by atoms with E-state index in [1.165, 1.54) is 11.8 Å². The molecule has 0 fully saturated rings. The zero-order valence-corrected chi connectivity index (χ0v) is 20.7. The number of benzene rings is 3. The topological polar surface area (TPSA) is 88.6 Å². The quantitative estimate of drug-likeness (QED) is 0.174. The highest BCUT2D eigenvalue weighted by atomic mass is 35.5. The maximum absolute atomic E-state index is 12.3. The number of amides is 1. The Kier molecular flexibility index (Phi) is 8.07. The first-order valence-corrected chi connectivity index (χ1v) is 12.0. The number of carbonyl (C=O) groups excluding carboxylic acids is 1. The molecule has 0 aliphatic rings. The molecule has 0 saturated heterocycles. The molecule has 0 radical (unpaired) electrons. The molecular formula is C26H23ClN4O3S. The molecule has 0 aliphatic carbocycles. The highest BCUT2D eigenvalue weighted by molar-refractivity contribution is 7.99. The number of aromatic amines is 1. The first kappa shape index (κ1) is 24.4. The van der Waals surface area contributed by atoms with E-state index in [-0.39, 0.29) is 11.7 Å². The summed E-state index contributed by atoms with van der Waals surface area (Å²) in [5.74, 6) is 1.44. The number of hydrogen-bond acceptors (Lipinski definition) is 6. The van der Waals surface area contributed by atoms with Gasteiger partial charge in [-0.1, -0.05) is 35.5 Å². The van der Waals surface area contributed by atoms with Gasteiger partial charge in [0.15, 0.2) is 5.16 Å². The molecular weight excluding hydrogens is 484 g/mol. The SMILES string of the molecule is COc1ccc(-c2nc(SCC(=O)N/N=C/c3ccc(Cl)cc3)[nH]c2-c2ccc(OC)cc2)cc1. The number of thioether (sulfide) groups is 1. The second kappa shape index (κ2) is 11.6. The smallest absolute Gasteiger partial charge is 0.250 e. The van der Waals surface area contributed by atoms with Crippen LogP contribution in [0, 0.1) is 0 Å². The molecule has 2 N–H and O–H groups in total. The molecule has 0 atom stereocenters. The Morgan fingerprint density at radius 2 is 1.57 bits per heavy atom. The molecule has 1 aromatic heterocycles. The molecule has 0 saturated carbocycles. The Bertz CT molecular complexity index is 1240. The lowest BCUT2D eigenvalue weighted by molar-refractivity contribution is -0.118. The number of carbonyl (C=O) groups is 1. The van der Waals surface area contributed by atoms with Crippen molar-refractivity contribution in [2.45, 2.75) is 5.16 Å². The van der Waals surface area contributed by atoms with Gasteiger partial charge in [-0.25, -0.2) is 10.4 Å². The summed E-state index contributed by atoms with van der Waals surface area (Å²) >= 11 is 7.17. The fraction of sp³-hybridized carbons (Fsp3) is 0.115. The Labute approximate surface area is 212 Å². The highest BCUT2D eigenvalue weighted by Gasteiger charge is 2.16. The fourth-order valence-corrected chi connectivity index (χ4v) is 4.03. The number of imidazole rings is 1. The minimum atomic E-state index is -0.242. The molecule has 0 unspecified atom stereocenters. The molecule has 7 nitrogen and oxygen atoms in total. The fourth-order valence-electron chi connectivity index (χ4n) is 3.24. The number of aromatic nitrogens is 2. The van der Waals surface area contributed by atoms with E-state index in [1.54, 1.807) is 32.6 Å². The molecule has 1 heterocycles. The van der Waals surface area contributed by atoms with Crippen molar-refractivity contribution < 1.29 is 14.3 Å². The van der Waals surface area contributed by atoms with Gasteiger partial charge in [0.1, 0.15) is 11.5 Å². The van der Waals surface area contributed by atoms with Gasteiger partial charge in [0, 0.05) is 16.1 Å². The number of hydrogen-bond donors (Lipinski definition) is 2. The number of rotatable bonds is 9.